The minimum absolute atomic E-state index is 0.701. The number of hydrogen-bond acceptors (Lipinski definition) is 4. The Morgan fingerprint density at radius 2 is 2.19 bits per heavy atom. The molecule has 3 rings (SSSR count). The largest absolute Gasteiger partial charge is 0.366 e. The molecule has 0 bridgehead atoms. The van der Waals surface area contributed by atoms with E-state index in [2.05, 4.69) is 51.0 Å². The van der Waals surface area contributed by atoms with Crippen molar-refractivity contribution in [3.8, 4) is 0 Å². The molecule has 0 aliphatic carbocycles. The summed E-state index contributed by atoms with van der Waals surface area (Å²) in [6, 6.07) is 10.5. The van der Waals surface area contributed by atoms with Crippen molar-refractivity contribution in [3.63, 3.8) is 0 Å². The van der Waals surface area contributed by atoms with Gasteiger partial charge in [0.05, 0.1) is 0 Å². The van der Waals surface area contributed by atoms with E-state index >= 15 is 0 Å². The molecule has 0 saturated heterocycles. The van der Waals surface area contributed by atoms with Gasteiger partial charge in [0.25, 0.3) is 0 Å². The number of rotatable bonds is 4. The summed E-state index contributed by atoms with van der Waals surface area (Å²) in [4.78, 5) is 11.5. The molecule has 4 nitrogen and oxygen atoms in total. The Hall–Kier alpha value is -2.36. The second-order valence-corrected chi connectivity index (χ2v) is 5.25. The molecule has 1 aromatic heterocycles. The predicted molar refractivity (Wildman–Crippen MR) is 87.2 cm³/mol. The summed E-state index contributed by atoms with van der Waals surface area (Å²) in [5.41, 5.74) is 3.56. The Balaban J connectivity index is 1.97. The van der Waals surface area contributed by atoms with Crippen molar-refractivity contribution in [2.24, 2.45) is 0 Å². The predicted octanol–water partition coefficient (Wildman–Crippen LogP) is 3.47. The van der Waals surface area contributed by atoms with E-state index in [1.807, 2.05) is 19.1 Å². The lowest BCUT2D eigenvalue weighted by Gasteiger charge is -2.29. The van der Waals surface area contributed by atoms with Gasteiger partial charge in [-0.25, -0.2) is 4.98 Å². The van der Waals surface area contributed by atoms with E-state index in [9.17, 15) is 0 Å². The van der Waals surface area contributed by atoms with E-state index in [0.29, 0.717) is 6.54 Å². The van der Waals surface area contributed by atoms with E-state index in [1.54, 1.807) is 0 Å². The molecule has 1 aromatic carbocycles. The Bertz CT molecular complexity index is 651. The molecule has 1 aliphatic heterocycles. The van der Waals surface area contributed by atoms with Crippen molar-refractivity contribution in [1.82, 2.24) is 9.97 Å². The van der Waals surface area contributed by atoms with E-state index in [-0.39, 0.29) is 0 Å². The van der Waals surface area contributed by atoms with E-state index in [0.717, 1.165) is 36.8 Å². The molecular weight excluding hydrogens is 260 g/mol. The summed E-state index contributed by atoms with van der Waals surface area (Å²) in [7, 11) is 0. The zero-order valence-corrected chi connectivity index (χ0v) is 12.3. The van der Waals surface area contributed by atoms with Crippen LogP contribution in [0.25, 0.3) is 0 Å². The Labute approximate surface area is 125 Å². The molecule has 1 N–H and O–H groups in total. The first-order chi connectivity index (χ1) is 10.3. The molecule has 1 aliphatic rings. The Kier molecular flexibility index (Phi) is 3.86. The average Bonchev–Trinajstić information content (AvgIpc) is 2.52. The average molecular weight is 280 g/mol. The zero-order valence-electron chi connectivity index (χ0n) is 12.3. The third-order valence-electron chi connectivity index (χ3n) is 3.62. The molecule has 21 heavy (non-hydrogen) atoms. The number of anilines is 3. The number of aromatic nitrogens is 2. The molecule has 0 radical (unpaired) electrons. The Morgan fingerprint density at radius 1 is 1.33 bits per heavy atom. The molecule has 0 atom stereocenters. The molecule has 0 saturated carbocycles. The minimum atomic E-state index is 0.701. The zero-order chi connectivity index (χ0) is 14.7. The number of nitrogens with one attached hydrogen (secondary N) is 1. The fraction of sp³-hybridized carbons (Fsp3) is 0.294. The second-order valence-electron chi connectivity index (χ2n) is 5.25. The number of hydrogen-bond donors (Lipinski definition) is 1. The SMILES string of the molecule is C=CCNc1cc(C)nc(N2CCCc3ccccc32)n1. The summed E-state index contributed by atoms with van der Waals surface area (Å²) in [5.74, 6) is 1.62. The van der Waals surface area contributed by atoms with Gasteiger partial charge in [-0.15, -0.1) is 6.58 Å². The molecule has 0 fully saturated rings. The molecule has 108 valence electrons. The topological polar surface area (TPSA) is 41.1 Å². The highest BCUT2D eigenvalue weighted by Crippen LogP contribution is 2.31. The number of fused-ring (bicyclic) bond motifs is 1. The highest BCUT2D eigenvalue weighted by Gasteiger charge is 2.20. The van der Waals surface area contributed by atoms with Gasteiger partial charge in [-0.3, -0.25) is 0 Å². The first kappa shape index (κ1) is 13.6. The molecule has 2 aromatic rings. The highest BCUT2D eigenvalue weighted by molar-refractivity contribution is 5.64. The van der Waals surface area contributed by atoms with Crippen LogP contribution < -0.4 is 10.2 Å². The van der Waals surface area contributed by atoms with Crippen LogP contribution in [0.15, 0.2) is 43.0 Å². The Morgan fingerprint density at radius 3 is 3.05 bits per heavy atom. The van der Waals surface area contributed by atoms with E-state index < -0.39 is 0 Å². The number of benzene rings is 1. The fourth-order valence-corrected chi connectivity index (χ4v) is 2.68. The maximum atomic E-state index is 4.65. The first-order valence-electron chi connectivity index (χ1n) is 7.34. The maximum absolute atomic E-state index is 4.65. The number of aryl methyl sites for hydroxylation is 2. The number of para-hydroxylation sites is 1. The van der Waals surface area contributed by atoms with Crippen LogP contribution in [0.4, 0.5) is 17.5 Å². The van der Waals surface area contributed by atoms with E-state index in [1.165, 1.54) is 11.3 Å². The van der Waals surface area contributed by atoms with Crippen molar-refractivity contribution in [2.75, 3.05) is 23.3 Å². The maximum Gasteiger partial charge on any atom is 0.232 e. The lowest BCUT2D eigenvalue weighted by atomic mass is 10.0. The van der Waals surface area contributed by atoms with Crippen LogP contribution in [0, 0.1) is 6.92 Å². The van der Waals surface area contributed by atoms with E-state index in [4.69, 9.17) is 0 Å². The van der Waals surface area contributed by atoms with Crippen LogP contribution in [-0.2, 0) is 6.42 Å². The van der Waals surface area contributed by atoms with Crippen LogP contribution in [-0.4, -0.2) is 23.1 Å². The van der Waals surface area contributed by atoms with Crippen molar-refractivity contribution >= 4 is 17.5 Å². The summed E-state index contributed by atoms with van der Waals surface area (Å²) >= 11 is 0. The van der Waals surface area contributed by atoms with Crippen LogP contribution in [0.3, 0.4) is 0 Å². The molecular formula is C17H20N4. The van der Waals surface area contributed by atoms with Gasteiger partial charge in [0.2, 0.25) is 5.95 Å². The second kappa shape index (κ2) is 5.95. The van der Waals surface area contributed by atoms with Crippen molar-refractivity contribution < 1.29 is 0 Å². The van der Waals surface area contributed by atoms with Crippen LogP contribution >= 0.6 is 0 Å². The van der Waals surface area contributed by atoms with Crippen LogP contribution in [0.1, 0.15) is 17.7 Å². The van der Waals surface area contributed by atoms with Crippen molar-refractivity contribution in [3.05, 3.63) is 54.2 Å². The third kappa shape index (κ3) is 2.89. The van der Waals surface area contributed by atoms with Crippen LogP contribution in [0.5, 0.6) is 0 Å². The number of nitrogens with zero attached hydrogens (tertiary/aromatic N) is 3. The van der Waals surface area contributed by atoms with Gasteiger partial charge in [0, 0.05) is 30.5 Å². The summed E-state index contributed by atoms with van der Waals surface area (Å²) in [5, 5.41) is 3.24. The van der Waals surface area contributed by atoms with Gasteiger partial charge >= 0.3 is 0 Å². The van der Waals surface area contributed by atoms with Gasteiger partial charge in [-0.05, 0) is 31.4 Å². The lowest BCUT2D eigenvalue weighted by Crippen LogP contribution is -2.26. The molecule has 0 spiro atoms. The smallest absolute Gasteiger partial charge is 0.232 e. The normalized spacial score (nSPS) is 13.7. The van der Waals surface area contributed by atoms with Gasteiger partial charge < -0.3 is 10.2 Å². The molecule has 4 heteroatoms. The van der Waals surface area contributed by atoms with Gasteiger partial charge in [0.15, 0.2) is 0 Å². The quantitative estimate of drug-likeness (QED) is 0.871. The molecule has 2 heterocycles. The first-order valence-corrected chi connectivity index (χ1v) is 7.34. The summed E-state index contributed by atoms with van der Waals surface area (Å²) in [6.45, 7) is 7.38. The summed E-state index contributed by atoms with van der Waals surface area (Å²) < 4.78 is 0. The van der Waals surface area contributed by atoms with Crippen molar-refractivity contribution in [2.45, 2.75) is 19.8 Å². The standard InChI is InChI=1S/C17H20N4/c1-3-10-18-16-12-13(2)19-17(20-16)21-11-6-8-14-7-4-5-9-15(14)21/h3-5,7,9,12H,1,6,8,10-11H2,2H3,(H,18,19,20). The highest BCUT2D eigenvalue weighted by atomic mass is 15.3. The van der Waals surface area contributed by atoms with Crippen molar-refractivity contribution in [1.29, 1.82) is 0 Å². The molecule has 0 unspecified atom stereocenters. The monoisotopic (exact) mass is 280 g/mol. The van der Waals surface area contributed by atoms with Gasteiger partial charge in [-0.2, -0.15) is 4.98 Å². The fourth-order valence-electron chi connectivity index (χ4n) is 2.68. The van der Waals surface area contributed by atoms with Gasteiger partial charge in [-0.1, -0.05) is 24.3 Å². The van der Waals surface area contributed by atoms with Crippen LogP contribution in [0.2, 0.25) is 0 Å². The lowest BCUT2D eigenvalue weighted by molar-refractivity contribution is 0.749. The molecule has 0 amide bonds. The summed E-state index contributed by atoms with van der Waals surface area (Å²) in [6.07, 6.45) is 4.08. The third-order valence-corrected chi connectivity index (χ3v) is 3.62. The minimum Gasteiger partial charge on any atom is -0.366 e. The van der Waals surface area contributed by atoms with Gasteiger partial charge in [0.1, 0.15) is 5.82 Å².